The van der Waals surface area contributed by atoms with Gasteiger partial charge >= 0.3 is 12.1 Å². The minimum atomic E-state index is -1.63. The number of hydrogen-bond acceptors (Lipinski definition) is 3. The van der Waals surface area contributed by atoms with Crippen LogP contribution in [-0.4, -0.2) is 17.2 Å². The third-order valence-corrected chi connectivity index (χ3v) is 1.48. The molecule has 0 amide bonds. The summed E-state index contributed by atoms with van der Waals surface area (Å²) in [5.41, 5.74) is 0.106. The molecule has 68 valence electrons. The van der Waals surface area contributed by atoms with E-state index < -0.39 is 12.1 Å². The van der Waals surface area contributed by atoms with Crippen molar-refractivity contribution in [3.63, 3.8) is 0 Å². The molecule has 1 N–H and O–H groups in total. The Morgan fingerprint density at radius 2 is 2.08 bits per heavy atom. The molecule has 4 nitrogen and oxygen atoms in total. The number of halogens is 1. The molecule has 1 aromatic carbocycles. The Hall–Kier alpha value is -1.55. The van der Waals surface area contributed by atoms with E-state index in [2.05, 4.69) is 4.74 Å². The highest BCUT2D eigenvalue weighted by molar-refractivity contribution is 6.30. The fourth-order valence-corrected chi connectivity index (χ4v) is 0.944. The molecule has 0 saturated carbocycles. The van der Waals surface area contributed by atoms with Crippen LogP contribution < -0.4 is 0 Å². The highest BCUT2D eigenvalue weighted by Crippen LogP contribution is 2.11. The Balaban J connectivity index is 2.83. The molecule has 0 bridgehead atoms. The van der Waals surface area contributed by atoms with Crippen molar-refractivity contribution in [1.82, 2.24) is 0 Å². The molecule has 0 heterocycles. The van der Waals surface area contributed by atoms with Crippen molar-refractivity contribution in [1.29, 1.82) is 0 Å². The number of benzene rings is 1. The van der Waals surface area contributed by atoms with Gasteiger partial charge in [0.15, 0.2) is 0 Å². The van der Waals surface area contributed by atoms with Crippen LogP contribution in [0.25, 0.3) is 0 Å². The molecule has 0 saturated heterocycles. The minimum Gasteiger partial charge on any atom is -0.449 e. The molecule has 13 heavy (non-hydrogen) atoms. The van der Waals surface area contributed by atoms with Crippen LogP contribution >= 0.6 is 11.6 Å². The molecule has 0 unspecified atom stereocenters. The Kier molecular flexibility index (Phi) is 2.87. The van der Waals surface area contributed by atoms with Gasteiger partial charge in [0.1, 0.15) is 0 Å². The number of carboxylic acid groups (broad SMARTS) is 1. The van der Waals surface area contributed by atoms with E-state index in [1.54, 1.807) is 6.07 Å². The predicted molar refractivity (Wildman–Crippen MR) is 44.9 cm³/mol. The van der Waals surface area contributed by atoms with Crippen LogP contribution in [0.2, 0.25) is 5.02 Å². The average Bonchev–Trinajstić information content (AvgIpc) is 2.03. The third-order valence-electron chi connectivity index (χ3n) is 1.24. The summed E-state index contributed by atoms with van der Waals surface area (Å²) in [7, 11) is 0. The van der Waals surface area contributed by atoms with Crippen LogP contribution in [0.3, 0.4) is 0 Å². The van der Waals surface area contributed by atoms with E-state index >= 15 is 0 Å². The summed E-state index contributed by atoms with van der Waals surface area (Å²) < 4.78 is 3.91. The van der Waals surface area contributed by atoms with Gasteiger partial charge in [-0.25, -0.2) is 9.59 Å². The van der Waals surface area contributed by atoms with Gasteiger partial charge in [0.05, 0.1) is 5.56 Å². The highest BCUT2D eigenvalue weighted by Gasteiger charge is 2.10. The number of hydrogen-bond donors (Lipinski definition) is 1. The summed E-state index contributed by atoms with van der Waals surface area (Å²) in [6, 6.07) is 5.84. The first-order valence-corrected chi connectivity index (χ1v) is 3.68. The topological polar surface area (TPSA) is 63.6 Å². The fourth-order valence-electron chi connectivity index (χ4n) is 0.754. The highest BCUT2D eigenvalue weighted by atomic mass is 35.5. The summed E-state index contributed by atoms with van der Waals surface area (Å²) in [4.78, 5) is 20.9. The minimum absolute atomic E-state index is 0.106. The van der Waals surface area contributed by atoms with Crippen LogP contribution in [0.5, 0.6) is 0 Å². The van der Waals surface area contributed by atoms with Gasteiger partial charge in [-0.1, -0.05) is 17.7 Å². The van der Waals surface area contributed by atoms with E-state index in [4.69, 9.17) is 16.7 Å². The number of carbonyl (C=O) groups is 2. The Morgan fingerprint density at radius 3 is 2.62 bits per heavy atom. The molecule has 0 aromatic heterocycles. The Labute approximate surface area is 78.7 Å². The van der Waals surface area contributed by atoms with Gasteiger partial charge in [0.25, 0.3) is 0 Å². The van der Waals surface area contributed by atoms with E-state index in [-0.39, 0.29) is 5.56 Å². The van der Waals surface area contributed by atoms with Gasteiger partial charge in [-0.15, -0.1) is 0 Å². The van der Waals surface area contributed by atoms with E-state index in [0.29, 0.717) is 5.02 Å². The van der Waals surface area contributed by atoms with Gasteiger partial charge in [0, 0.05) is 5.02 Å². The maximum Gasteiger partial charge on any atom is 0.513 e. The second-order valence-electron chi connectivity index (χ2n) is 2.17. The summed E-state index contributed by atoms with van der Waals surface area (Å²) in [5, 5.41) is 8.49. The zero-order chi connectivity index (χ0) is 9.84. The van der Waals surface area contributed by atoms with Crippen LogP contribution in [0.4, 0.5) is 4.79 Å². The van der Waals surface area contributed by atoms with Gasteiger partial charge in [0.2, 0.25) is 0 Å². The lowest BCUT2D eigenvalue weighted by molar-refractivity contribution is 0.0509. The standard InChI is InChI=1S/C8H5ClO4/c9-6-3-1-2-5(4-6)7(10)13-8(11)12/h1-4H,(H,11,12). The van der Waals surface area contributed by atoms with E-state index in [0.717, 1.165) is 0 Å². The largest absolute Gasteiger partial charge is 0.513 e. The first-order chi connectivity index (χ1) is 6.09. The van der Waals surface area contributed by atoms with Gasteiger partial charge < -0.3 is 9.84 Å². The second kappa shape index (κ2) is 3.91. The van der Waals surface area contributed by atoms with Crippen molar-refractivity contribution in [2.45, 2.75) is 0 Å². The van der Waals surface area contributed by atoms with E-state index in [1.165, 1.54) is 18.2 Å². The van der Waals surface area contributed by atoms with Crippen LogP contribution in [0.15, 0.2) is 24.3 Å². The molecular formula is C8H5ClO4. The van der Waals surface area contributed by atoms with Gasteiger partial charge in [-0.3, -0.25) is 0 Å². The summed E-state index contributed by atoms with van der Waals surface area (Å²) in [6.07, 6.45) is -1.63. The molecular weight excluding hydrogens is 196 g/mol. The van der Waals surface area contributed by atoms with Crippen molar-refractivity contribution in [3.05, 3.63) is 34.9 Å². The first-order valence-electron chi connectivity index (χ1n) is 3.30. The summed E-state index contributed by atoms with van der Waals surface area (Å²) >= 11 is 5.57. The lowest BCUT2D eigenvalue weighted by Crippen LogP contribution is -2.09. The van der Waals surface area contributed by atoms with Crippen LogP contribution in [0.1, 0.15) is 10.4 Å². The predicted octanol–water partition coefficient (Wildman–Crippen LogP) is 2.17. The molecule has 5 heteroatoms. The molecule has 0 fully saturated rings. The maximum absolute atomic E-state index is 10.9. The van der Waals surface area contributed by atoms with Gasteiger partial charge in [-0.2, -0.15) is 0 Å². The van der Waals surface area contributed by atoms with Crippen molar-refractivity contribution >= 4 is 23.7 Å². The van der Waals surface area contributed by atoms with Crippen molar-refractivity contribution < 1.29 is 19.4 Å². The second-order valence-corrected chi connectivity index (χ2v) is 2.60. The van der Waals surface area contributed by atoms with Gasteiger partial charge in [-0.05, 0) is 18.2 Å². The van der Waals surface area contributed by atoms with E-state index in [9.17, 15) is 9.59 Å². The molecule has 1 aromatic rings. The molecule has 0 atom stereocenters. The fraction of sp³-hybridized carbons (Fsp3) is 0. The normalized spacial score (nSPS) is 9.31. The molecule has 0 aliphatic carbocycles. The SMILES string of the molecule is O=C(O)OC(=O)c1cccc(Cl)c1. The third kappa shape index (κ3) is 2.76. The smallest absolute Gasteiger partial charge is 0.449 e. The van der Waals surface area contributed by atoms with E-state index in [1.807, 2.05) is 0 Å². The Bertz CT molecular complexity index is 348. The van der Waals surface area contributed by atoms with Crippen molar-refractivity contribution in [3.8, 4) is 0 Å². The summed E-state index contributed by atoms with van der Waals surface area (Å²) in [5.74, 6) is -0.935. The van der Waals surface area contributed by atoms with Crippen LogP contribution in [-0.2, 0) is 4.74 Å². The first kappa shape index (κ1) is 9.54. The average molecular weight is 201 g/mol. The number of carbonyl (C=O) groups excluding carboxylic acids is 1. The van der Waals surface area contributed by atoms with Crippen LogP contribution in [0, 0.1) is 0 Å². The molecule has 0 aliphatic heterocycles. The molecule has 0 radical (unpaired) electrons. The van der Waals surface area contributed by atoms with Crippen molar-refractivity contribution in [2.75, 3.05) is 0 Å². The summed E-state index contributed by atoms with van der Waals surface area (Å²) in [6.45, 7) is 0. The lowest BCUT2D eigenvalue weighted by atomic mass is 10.2. The number of rotatable bonds is 1. The monoisotopic (exact) mass is 200 g/mol. The Morgan fingerprint density at radius 1 is 1.38 bits per heavy atom. The molecule has 0 aliphatic rings. The lowest BCUT2D eigenvalue weighted by Gasteiger charge is -1.98. The zero-order valence-corrected chi connectivity index (χ0v) is 7.12. The quantitative estimate of drug-likeness (QED) is 0.558. The number of ether oxygens (including phenoxy) is 1. The molecule has 1 rings (SSSR count). The molecule has 0 spiro atoms. The maximum atomic E-state index is 10.9. The zero-order valence-electron chi connectivity index (χ0n) is 6.36. The van der Waals surface area contributed by atoms with Crippen molar-refractivity contribution in [2.24, 2.45) is 0 Å². The number of esters is 1.